The summed E-state index contributed by atoms with van der Waals surface area (Å²) in [5.74, 6) is 4.17. The number of nitrogens with one attached hydrogen (secondary N) is 2. The first-order chi connectivity index (χ1) is 22.6. The first-order valence-corrected chi connectivity index (χ1v) is 19.5. The molecule has 2 aromatic carbocycles. The lowest BCUT2D eigenvalue weighted by Crippen LogP contribution is -3.12. The van der Waals surface area contributed by atoms with Crippen molar-refractivity contribution in [1.29, 1.82) is 0 Å². The minimum Gasteiger partial charge on any atom is -0.497 e. The molecule has 2 bridgehead atoms. The Morgan fingerprint density at radius 3 is 2.24 bits per heavy atom. The number of piperidine rings is 1. The molecule has 4 rings (SSSR count). The van der Waals surface area contributed by atoms with Gasteiger partial charge in [-0.3, -0.25) is 0 Å². The molecule has 2 saturated heterocycles. The summed E-state index contributed by atoms with van der Waals surface area (Å²) in [6.07, 6.45) is 32.4. The number of likely N-dealkylation sites (tertiary alicyclic amines) is 1. The van der Waals surface area contributed by atoms with Crippen LogP contribution in [0.15, 0.2) is 55.1 Å². The second-order valence-electron chi connectivity index (χ2n) is 15.4. The van der Waals surface area contributed by atoms with Crippen LogP contribution in [0.3, 0.4) is 0 Å². The van der Waals surface area contributed by atoms with Gasteiger partial charge in [0.15, 0.2) is 0 Å². The fraction of sp³-hybridized carbons (Fsp3) is 0.674. The summed E-state index contributed by atoms with van der Waals surface area (Å²) >= 11 is 0. The van der Waals surface area contributed by atoms with Crippen molar-refractivity contribution in [2.75, 3.05) is 47.4 Å². The number of rotatable bonds is 12. The van der Waals surface area contributed by atoms with Crippen molar-refractivity contribution in [3.8, 4) is 5.75 Å². The molecule has 3 nitrogen and oxygen atoms in total. The van der Waals surface area contributed by atoms with Gasteiger partial charge in [0.05, 0.1) is 47.4 Å². The Bertz CT molecular complexity index is 1160. The predicted octanol–water partition coefficient (Wildman–Crippen LogP) is 8.59. The number of ether oxygens (including phenoxy) is 1. The number of benzene rings is 2. The van der Waals surface area contributed by atoms with Gasteiger partial charge in [0.1, 0.15) is 5.75 Å². The third kappa shape index (κ3) is 12.8. The van der Waals surface area contributed by atoms with E-state index in [4.69, 9.17) is 4.74 Å². The molecule has 0 amide bonds. The maximum atomic E-state index is 5.36. The summed E-state index contributed by atoms with van der Waals surface area (Å²) in [6, 6.07) is 13.0. The summed E-state index contributed by atoms with van der Waals surface area (Å²) in [6.45, 7) is 9.92. The Labute approximate surface area is 283 Å². The second kappa shape index (κ2) is 21.0. The van der Waals surface area contributed by atoms with Crippen LogP contribution in [0.25, 0.3) is 16.8 Å². The fourth-order valence-electron chi connectivity index (χ4n) is 8.87. The van der Waals surface area contributed by atoms with Crippen LogP contribution in [0, 0.1) is 23.7 Å². The lowest BCUT2D eigenvalue weighted by atomic mass is 9.72. The molecule has 2 unspecified atom stereocenters. The molecule has 0 aromatic heterocycles. The van der Waals surface area contributed by atoms with Gasteiger partial charge < -0.3 is 14.5 Å². The number of hydrogen-bond donors (Lipinski definition) is 2. The van der Waals surface area contributed by atoms with E-state index in [1.54, 1.807) is 16.9 Å². The molecule has 0 aliphatic carbocycles. The maximum absolute atomic E-state index is 5.36. The average Bonchev–Trinajstić information content (AvgIpc) is 3.05. The van der Waals surface area contributed by atoms with Gasteiger partial charge in [-0.05, 0) is 85.4 Å². The molecule has 0 spiro atoms. The summed E-state index contributed by atoms with van der Waals surface area (Å²) in [7, 11) is 6.67. The van der Waals surface area contributed by atoms with Crippen LogP contribution in [-0.4, -0.2) is 47.4 Å². The van der Waals surface area contributed by atoms with E-state index in [1.165, 1.54) is 158 Å². The molecule has 0 radical (unpaired) electrons. The van der Waals surface area contributed by atoms with E-state index in [-0.39, 0.29) is 0 Å². The lowest BCUT2D eigenvalue weighted by Gasteiger charge is -2.39. The van der Waals surface area contributed by atoms with Gasteiger partial charge in [-0.2, -0.15) is 0 Å². The number of hydrogen-bond acceptors (Lipinski definition) is 1. The number of methoxy groups -OCH3 is 1. The van der Waals surface area contributed by atoms with Crippen LogP contribution >= 0.6 is 0 Å². The molecular formula is C43H70N2O+2. The molecule has 3 heteroatoms. The second-order valence-corrected chi connectivity index (χ2v) is 15.4. The van der Waals surface area contributed by atoms with Gasteiger partial charge in [0.2, 0.25) is 0 Å². The van der Waals surface area contributed by atoms with Gasteiger partial charge in [-0.15, -0.1) is 6.58 Å². The molecule has 0 saturated carbocycles. The molecule has 46 heavy (non-hydrogen) atoms. The Morgan fingerprint density at radius 2 is 1.46 bits per heavy atom. The molecule has 256 valence electrons. The van der Waals surface area contributed by atoms with Crippen LogP contribution in [0.5, 0.6) is 5.75 Å². The van der Waals surface area contributed by atoms with Crippen LogP contribution in [0.4, 0.5) is 0 Å². The van der Waals surface area contributed by atoms with E-state index in [1.807, 2.05) is 6.07 Å². The normalized spacial score (nSPS) is 27.4. The number of allylic oxidation sites excluding steroid dienone is 2. The Morgan fingerprint density at radius 1 is 0.761 bits per heavy atom. The van der Waals surface area contributed by atoms with Gasteiger partial charge in [0.25, 0.3) is 0 Å². The molecule has 2 aromatic rings. The Hall–Kier alpha value is -2.10. The minimum absolute atomic E-state index is 0.695. The highest BCUT2D eigenvalue weighted by Gasteiger charge is 2.36. The van der Waals surface area contributed by atoms with Crippen molar-refractivity contribution in [2.45, 2.75) is 116 Å². The monoisotopic (exact) mass is 631 g/mol. The van der Waals surface area contributed by atoms with Crippen molar-refractivity contribution >= 4 is 16.8 Å². The number of fused-ring (bicyclic) bond motifs is 3. The third-order valence-corrected chi connectivity index (χ3v) is 11.4. The van der Waals surface area contributed by atoms with Crippen molar-refractivity contribution in [3.63, 3.8) is 0 Å². The predicted molar refractivity (Wildman–Crippen MR) is 200 cm³/mol. The first-order valence-electron chi connectivity index (χ1n) is 19.5. The highest BCUT2D eigenvalue weighted by molar-refractivity contribution is 5.86. The quantitative estimate of drug-likeness (QED) is 0.178. The number of quaternary nitrogens is 2. The van der Waals surface area contributed by atoms with E-state index in [2.05, 4.69) is 69.2 Å². The smallest absolute Gasteiger partial charge is 0.119 e. The molecule has 2 aliphatic rings. The molecule has 6 atom stereocenters. The van der Waals surface area contributed by atoms with E-state index >= 15 is 0 Å². The van der Waals surface area contributed by atoms with E-state index in [0.717, 1.165) is 23.5 Å². The van der Waals surface area contributed by atoms with Gasteiger partial charge >= 0.3 is 0 Å². The highest BCUT2D eigenvalue weighted by Crippen LogP contribution is 2.33. The van der Waals surface area contributed by atoms with Gasteiger partial charge in [-0.25, -0.2) is 0 Å². The zero-order valence-corrected chi connectivity index (χ0v) is 30.2. The van der Waals surface area contributed by atoms with E-state index < -0.39 is 0 Å². The van der Waals surface area contributed by atoms with E-state index in [9.17, 15) is 0 Å². The SMILES string of the molecule is C=C[C@@H]1[C@@H]2C[C@H](CCCCCCCCCC[NH+](C)C[C@@H]1CCCCCCCC/C=C/c1ccc3cc(OC)ccc3c1)C[NH+](C)C2. The van der Waals surface area contributed by atoms with Crippen molar-refractivity contribution in [3.05, 3.63) is 60.7 Å². The fourth-order valence-corrected chi connectivity index (χ4v) is 8.87. The highest BCUT2D eigenvalue weighted by atomic mass is 16.5. The average molecular weight is 631 g/mol. The summed E-state index contributed by atoms with van der Waals surface area (Å²) in [5, 5.41) is 2.51. The third-order valence-electron chi connectivity index (χ3n) is 11.4. The van der Waals surface area contributed by atoms with Crippen molar-refractivity contribution < 1.29 is 14.5 Å². The first kappa shape index (κ1) is 36.7. The standard InChI is InChI=1S/C43H68N2O/c1-5-43-40(34-44(2)29-21-17-13-9-8-11-15-19-23-37-31-41(43)35-45(3)33-37)24-20-16-12-7-6-10-14-18-22-36-25-26-39-32-42(46-4)28-27-38(39)30-36/h5,18,22,25-28,30,32,37,40-41,43H,1,6-17,19-21,23-24,29,31,33-35H2,2-4H3/p+2/b22-18+/t37-,40-,41+,43-/m0/s1. The zero-order chi connectivity index (χ0) is 32.4. The van der Waals surface area contributed by atoms with Crippen LogP contribution in [0.2, 0.25) is 0 Å². The summed E-state index contributed by atoms with van der Waals surface area (Å²) in [4.78, 5) is 3.55. The Balaban J connectivity index is 1.19. The van der Waals surface area contributed by atoms with Gasteiger partial charge in [-0.1, -0.05) is 107 Å². The maximum Gasteiger partial charge on any atom is 0.119 e. The topological polar surface area (TPSA) is 18.1 Å². The Kier molecular flexibility index (Phi) is 16.8. The summed E-state index contributed by atoms with van der Waals surface area (Å²) in [5.41, 5.74) is 1.29. The largest absolute Gasteiger partial charge is 0.497 e. The molecule has 2 aliphatic heterocycles. The number of unbranched alkanes of at least 4 members (excludes halogenated alkanes) is 6. The lowest BCUT2D eigenvalue weighted by molar-refractivity contribution is -0.894. The molecule has 2 fully saturated rings. The van der Waals surface area contributed by atoms with Crippen molar-refractivity contribution in [1.82, 2.24) is 0 Å². The molecular weight excluding hydrogens is 560 g/mol. The zero-order valence-electron chi connectivity index (χ0n) is 30.2. The van der Waals surface area contributed by atoms with Crippen LogP contribution in [0.1, 0.15) is 121 Å². The van der Waals surface area contributed by atoms with Gasteiger partial charge in [0, 0.05) is 17.8 Å². The van der Waals surface area contributed by atoms with E-state index in [0.29, 0.717) is 5.92 Å². The van der Waals surface area contributed by atoms with Crippen molar-refractivity contribution in [2.24, 2.45) is 23.7 Å². The van der Waals surface area contributed by atoms with Crippen LogP contribution in [-0.2, 0) is 0 Å². The summed E-state index contributed by atoms with van der Waals surface area (Å²) < 4.78 is 5.36. The molecule has 2 N–H and O–H groups in total. The molecule has 2 heterocycles. The minimum atomic E-state index is 0.695. The van der Waals surface area contributed by atoms with Crippen LogP contribution < -0.4 is 14.5 Å².